The second-order valence-corrected chi connectivity index (χ2v) is 5.53. The summed E-state index contributed by atoms with van der Waals surface area (Å²) in [6, 6.07) is 5.46. The Bertz CT molecular complexity index is 379. The minimum absolute atomic E-state index is 0.607. The van der Waals surface area contributed by atoms with Crippen LogP contribution in [0.1, 0.15) is 32.8 Å². The average Bonchev–Trinajstić information content (AvgIpc) is 2.33. The number of piperazine rings is 1. The Morgan fingerprint density at radius 2 is 1.94 bits per heavy atom. The highest BCUT2D eigenvalue weighted by Crippen LogP contribution is 2.21. The van der Waals surface area contributed by atoms with E-state index in [2.05, 4.69) is 54.6 Å². The van der Waals surface area contributed by atoms with Crippen molar-refractivity contribution in [3.05, 3.63) is 23.9 Å². The van der Waals surface area contributed by atoms with Gasteiger partial charge in [-0.2, -0.15) is 0 Å². The van der Waals surface area contributed by atoms with Gasteiger partial charge in [-0.15, -0.1) is 0 Å². The van der Waals surface area contributed by atoms with Crippen molar-refractivity contribution in [3.63, 3.8) is 0 Å². The van der Waals surface area contributed by atoms with Crippen LogP contribution < -0.4 is 4.90 Å². The molecule has 0 N–H and O–H groups in total. The maximum Gasteiger partial charge on any atom is 0.128 e. The minimum Gasteiger partial charge on any atom is -0.353 e. The van der Waals surface area contributed by atoms with Crippen LogP contribution >= 0.6 is 0 Å². The van der Waals surface area contributed by atoms with Crippen molar-refractivity contribution < 1.29 is 0 Å². The van der Waals surface area contributed by atoms with Crippen LogP contribution in [0.5, 0.6) is 0 Å². The molecule has 1 saturated heterocycles. The van der Waals surface area contributed by atoms with E-state index >= 15 is 0 Å². The van der Waals surface area contributed by atoms with Gasteiger partial charge >= 0.3 is 0 Å². The van der Waals surface area contributed by atoms with Gasteiger partial charge in [0.15, 0.2) is 0 Å². The molecule has 0 radical (unpaired) electrons. The Morgan fingerprint density at radius 3 is 2.50 bits per heavy atom. The van der Waals surface area contributed by atoms with Gasteiger partial charge in [-0.3, -0.25) is 4.90 Å². The zero-order chi connectivity index (χ0) is 13.1. The molecule has 3 heteroatoms. The van der Waals surface area contributed by atoms with E-state index in [1.807, 2.05) is 6.20 Å². The van der Waals surface area contributed by atoms with Gasteiger partial charge in [-0.25, -0.2) is 4.98 Å². The van der Waals surface area contributed by atoms with E-state index < -0.39 is 0 Å². The van der Waals surface area contributed by atoms with E-state index in [0.717, 1.165) is 18.9 Å². The van der Waals surface area contributed by atoms with Crippen LogP contribution in [0, 0.1) is 6.92 Å². The monoisotopic (exact) mass is 247 g/mol. The molecule has 1 aromatic heterocycles. The van der Waals surface area contributed by atoms with Crippen LogP contribution in [-0.2, 0) is 0 Å². The van der Waals surface area contributed by atoms with Crippen molar-refractivity contribution in [1.82, 2.24) is 9.88 Å². The zero-order valence-electron chi connectivity index (χ0n) is 12.1. The van der Waals surface area contributed by atoms with Crippen LogP contribution in [0.4, 0.5) is 5.82 Å². The molecule has 2 heterocycles. The number of hydrogen-bond acceptors (Lipinski definition) is 3. The van der Waals surface area contributed by atoms with Crippen molar-refractivity contribution in [2.75, 3.05) is 24.5 Å². The first kappa shape index (κ1) is 13.3. The van der Waals surface area contributed by atoms with E-state index in [0.29, 0.717) is 12.1 Å². The lowest BCUT2D eigenvalue weighted by Crippen LogP contribution is -2.57. The summed E-state index contributed by atoms with van der Waals surface area (Å²) in [6.07, 6.45) is 3.15. The topological polar surface area (TPSA) is 19.4 Å². The van der Waals surface area contributed by atoms with Crippen molar-refractivity contribution in [2.24, 2.45) is 0 Å². The number of rotatable bonds is 3. The van der Waals surface area contributed by atoms with Crippen LogP contribution in [0.3, 0.4) is 0 Å². The number of hydrogen-bond donors (Lipinski definition) is 0. The summed E-state index contributed by atoms with van der Waals surface area (Å²) >= 11 is 0. The number of pyridine rings is 1. The average molecular weight is 247 g/mol. The number of aryl methyl sites for hydroxylation is 1. The zero-order valence-corrected chi connectivity index (χ0v) is 12.1. The summed E-state index contributed by atoms with van der Waals surface area (Å²) in [7, 11) is 0. The maximum atomic E-state index is 4.51. The van der Waals surface area contributed by atoms with Crippen molar-refractivity contribution in [1.29, 1.82) is 0 Å². The first-order chi connectivity index (χ1) is 8.61. The van der Waals surface area contributed by atoms with Crippen LogP contribution in [0.25, 0.3) is 0 Å². The van der Waals surface area contributed by atoms with E-state index in [-0.39, 0.29) is 0 Å². The van der Waals surface area contributed by atoms with Gasteiger partial charge in [-0.1, -0.05) is 6.92 Å². The van der Waals surface area contributed by atoms with Gasteiger partial charge in [0.1, 0.15) is 5.82 Å². The van der Waals surface area contributed by atoms with Gasteiger partial charge < -0.3 is 4.90 Å². The predicted octanol–water partition coefficient (Wildman–Crippen LogP) is 2.70. The van der Waals surface area contributed by atoms with E-state index in [1.54, 1.807) is 0 Å². The molecule has 0 aromatic carbocycles. The minimum atomic E-state index is 0.607. The van der Waals surface area contributed by atoms with E-state index in [1.165, 1.54) is 18.5 Å². The lowest BCUT2D eigenvalue weighted by atomic mass is 10.1. The summed E-state index contributed by atoms with van der Waals surface area (Å²) < 4.78 is 0. The fourth-order valence-electron chi connectivity index (χ4n) is 2.94. The standard InChI is InChI=1S/C15H25N3/c1-5-8-18-13(3)10-17(11-14(18)4)15-9-12(2)6-7-16-15/h6-7,9,13-14H,5,8,10-11H2,1-4H3. The molecule has 18 heavy (non-hydrogen) atoms. The molecule has 2 rings (SSSR count). The van der Waals surface area contributed by atoms with Crippen LogP contribution in [0.2, 0.25) is 0 Å². The summed E-state index contributed by atoms with van der Waals surface area (Å²) in [4.78, 5) is 9.55. The Morgan fingerprint density at radius 1 is 1.28 bits per heavy atom. The molecule has 0 aliphatic carbocycles. The SMILES string of the molecule is CCCN1C(C)CN(c2cc(C)ccn2)CC1C. The normalized spacial score (nSPS) is 25.4. The van der Waals surface area contributed by atoms with E-state index in [4.69, 9.17) is 0 Å². The van der Waals surface area contributed by atoms with Gasteiger partial charge in [0.2, 0.25) is 0 Å². The Labute approximate surface area is 111 Å². The molecule has 0 spiro atoms. The number of anilines is 1. The molecule has 1 fully saturated rings. The number of nitrogens with zero attached hydrogens (tertiary/aromatic N) is 3. The second-order valence-electron chi connectivity index (χ2n) is 5.53. The molecule has 1 aromatic rings. The Kier molecular flexibility index (Phi) is 4.23. The Hall–Kier alpha value is -1.09. The van der Waals surface area contributed by atoms with Gasteiger partial charge in [0, 0.05) is 31.4 Å². The van der Waals surface area contributed by atoms with Crippen LogP contribution in [0.15, 0.2) is 18.3 Å². The third-order valence-corrected chi connectivity index (χ3v) is 3.81. The molecule has 1 aliphatic rings. The molecule has 2 unspecified atom stereocenters. The maximum absolute atomic E-state index is 4.51. The molecule has 0 bridgehead atoms. The predicted molar refractivity (Wildman–Crippen MR) is 77.1 cm³/mol. The first-order valence-corrected chi connectivity index (χ1v) is 7.05. The third kappa shape index (κ3) is 2.83. The van der Waals surface area contributed by atoms with Crippen molar-refractivity contribution in [2.45, 2.75) is 46.2 Å². The molecule has 1 aliphatic heterocycles. The number of aromatic nitrogens is 1. The Balaban J connectivity index is 2.10. The fourth-order valence-corrected chi connectivity index (χ4v) is 2.94. The van der Waals surface area contributed by atoms with Crippen molar-refractivity contribution in [3.8, 4) is 0 Å². The van der Waals surface area contributed by atoms with Gasteiger partial charge in [-0.05, 0) is 51.4 Å². The molecule has 3 nitrogen and oxygen atoms in total. The van der Waals surface area contributed by atoms with Gasteiger partial charge in [0.25, 0.3) is 0 Å². The fraction of sp³-hybridized carbons (Fsp3) is 0.667. The quantitative estimate of drug-likeness (QED) is 0.818. The van der Waals surface area contributed by atoms with Gasteiger partial charge in [0.05, 0.1) is 0 Å². The lowest BCUT2D eigenvalue weighted by Gasteiger charge is -2.45. The molecule has 0 amide bonds. The smallest absolute Gasteiger partial charge is 0.128 e. The summed E-state index contributed by atoms with van der Waals surface area (Å²) in [5.74, 6) is 1.13. The summed E-state index contributed by atoms with van der Waals surface area (Å²) in [5, 5.41) is 0. The molecule has 2 atom stereocenters. The summed E-state index contributed by atoms with van der Waals surface area (Å²) in [6.45, 7) is 12.4. The molecule has 0 saturated carbocycles. The first-order valence-electron chi connectivity index (χ1n) is 7.05. The van der Waals surface area contributed by atoms with Crippen molar-refractivity contribution >= 4 is 5.82 Å². The molecular weight excluding hydrogens is 222 g/mol. The molecular formula is C15H25N3. The van der Waals surface area contributed by atoms with E-state index in [9.17, 15) is 0 Å². The second kappa shape index (κ2) is 5.70. The largest absolute Gasteiger partial charge is 0.353 e. The summed E-state index contributed by atoms with van der Waals surface area (Å²) in [5.41, 5.74) is 1.29. The highest BCUT2D eigenvalue weighted by atomic mass is 15.3. The third-order valence-electron chi connectivity index (χ3n) is 3.81. The lowest BCUT2D eigenvalue weighted by molar-refractivity contribution is 0.131. The molecule has 100 valence electrons. The highest BCUT2D eigenvalue weighted by molar-refractivity contribution is 5.41. The highest BCUT2D eigenvalue weighted by Gasteiger charge is 2.29. The van der Waals surface area contributed by atoms with Crippen LogP contribution in [-0.4, -0.2) is 41.6 Å².